The van der Waals surface area contributed by atoms with Crippen molar-refractivity contribution in [2.75, 3.05) is 0 Å². The van der Waals surface area contributed by atoms with E-state index >= 15 is 0 Å². The van der Waals surface area contributed by atoms with Crippen LogP contribution in [0.3, 0.4) is 0 Å². The third-order valence-electron chi connectivity index (χ3n) is 2.35. The summed E-state index contributed by atoms with van der Waals surface area (Å²) < 4.78 is 5.63. The summed E-state index contributed by atoms with van der Waals surface area (Å²) in [7, 11) is 0. The van der Waals surface area contributed by atoms with Crippen molar-refractivity contribution in [3.05, 3.63) is 52.7 Å². The molecule has 2 aromatic rings. The van der Waals surface area contributed by atoms with Crippen molar-refractivity contribution in [1.82, 2.24) is 4.98 Å². The Morgan fingerprint density at radius 2 is 2.05 bits per heavy atom. The Morgan fingerprint density at radius 1 is 1.32 bits per heavy atom. The Hall–Kier alpha value is -1.78. The van der Waals surface area contributed by atoms with E-state index in [0.717, 1.165) is 5.56 Å². The van der Waals surface area contributed by atoms with E-state index in [0.29, 0.717) is 22.3 Å². The third-order valence-corrected chi connectivity index (χ3v) is 2.59. The molecule has 0 atom stereocenters. The number of nitrogens with two attached hydrogens (primary N) is 1. The first kappa shape index (κ1) is 15.3. The lowest BCUT2D eigenvalue weighted by atomic mass is 10.2. The molecule has 100 valence electrons. The van der Waals surface area contributed by atoms with Gasteiger partial charge in [0.15, 0.2) is 0 Å². The summed E-state index contributed by atoms with van der Waals surface area (Å²) in [5, 5.41) is 7.98. The maximum absolute atomic E-state index is 7.32. The van der Waals surface area contributed by atoms with Crippen molar-refractivity contribution in [1.29, 1.82) is 5.41 Å². The number of rotatable bonds is 3. The highest BCUT2D eigenvalue weighted by molar-refractivity contribution is 6.30. The van der Waals surface area contributed by atoms with Crippen LogP contribution in [0, 0.1) is 12.3 Å². The van der Waals surface area contributed by atoms with E-state index < -0.39 is 0 Å². The first-order valence-electron chi connectivity index (χ1n) is 5.32. The second-order valence-electron chi connectivity index (χ2n) is 3.79. The fourth-order valence-electron chi connectivity index (χ4n) is 1.46. The van der Waals surface area contributed by atoms with E-state index in [-0.39, 0.29) is 18.2 Å². The number of aryl methyl sites for hydroxylation is 1. The lowest BCUT2D eigenvalue weighted by Gasteiger charge is -2.08. The SMILES string of the molecule is Cc1cc(Cl)ccc1Oc1cccc(C(=N)N)n1.Cl. The molecule has 0 radical (unpaired) electrons. The summed E-state index contributed by atoms with van der Waals surface area (Å²) in [6.45, 7) is 1.90. The maximum Gasteiger partial charge on any atom is 0.219 e. The number of hydrogen-bond acceptors (Lipinski definition) is 3. The Balaban J connectivity index is 0.00000180. The van der Waals surface area contributed by atoms with Crippen molar-refractivity contribution in [3.63, 3.8) is 0 Å². The molecule has 0 bridgehead atoms. The van der Waals surface area contributed by atoms with Gasteiger partial charge >= 0.3 is 0 Å². The van der Waals surface area contributed by atoms with Crippen LogP contribution in [0.2, 0.25) is 5.02 Å². The summed E-state index contributed by atoms with van der Waals surface area (Å²) in [6.07, 6.45) is 0. The van der Waals surface area contributed by atoms with Gasteiger partial charge in [0, 0.05) is 11.1 Å². The number of nitrogens with zero attached hydrogens (tertiary/aromatic N) is 1. The van der Waals surface area contributed by atoms with Gasteiger partial charge in [0.25, 0.3) is 0 Å². The lowest BCUT2D eigenvalue weighted by Crippen LogP contribution is -2.13. The van der Waals surface area contributed by atoms with Crippen molar-refractivity contribution in [3.8, 4) is 11.6 Å². The molecular formula is C13H13Cl2N3O. The van der Waals surface area contributed by atoms with Gasteiger partial charge in [0.05, 0.1) is 0 Å². The summed E-state index contributed by atoms with van der Waals surface area (Å²) in [4.78, 5) is 4.13. The van der Waals surface area contributed by atoms with Crippen molar-refractivity contribution < 1.29 is 4.74 Å². The molecule has 3 N–H and O–H groups in total. The molecule has 0 fully saturated rings. The summed E-state index contributed by atoms with van der Waals surface area (Å²) in [6, 6.07) is 10.4. The van der Waals surface area contributed by atoms with Crippen LogP contribution in [-0.2, 0) is 0 Å². The molecule has 0 spiro atoms. The fraction of sp³-hybridized carbons (Fsp3) is 0.0769. The number of aromatic nitrogens is 1. The highest BCUT2D eigenvalue weighted by Crippen LogP contribution is 2.26. The average Bonchev–Trinajstić information content (AvgIpc) is 2.33. The van der Waals surface area contributed by atoms with Crippen LogP contribution in [0.15, 0.2) is 36.4 Å². The maximum atomic E-state index is 7.32. The zero-order chi connectivity index (χ0) is 13.1. The molecule has 6 heteroatoms. The van der Waals surface area contributed by atoms with Gasteiger partial charge in [-0.3, -0.25) is 5.41 Å². The molecular weight excluding hydrogens is 285 g/mol. The molecule has 1 heterocycles. The Labute approximate surface area is 122 Å². The zero-order valence-electron chi connectivity index (χ0n) is 10.2. The molecule has 4 nitrogen and oxygen atoms in total. The quantitative estimate of drug-likeness (QED) is 0.672. The minimum absolute atomic E-state index is 0. The van der Waals surface area contributed by atoms with Gasteiger partial charge in [-0.1, -0.05) is 17.7 Å². The highest BCUT2D eigenvalue weighted by atomic mass is 35.5. The second kappa shape index (κ2) is 6.41. The lowest BCUT2D eigenvalue weighted by molar-refractivity contribution is 0.459. The molecule has 0 amide bonds. The number of hydrogen-bond donors (Lipinski definition) is 2. The number of amidine groups is 1. The number of halogens is 2. The molecule has 0 unspecified atom stereocenters. The normalized spacial score (nSPS) is 9.58. The summed E-state index contributed by atoms with van der Waals surface area (Å²) in [5.74, 6) is 0.981. The molecule has 0 aliphatic rings. The van der Waals surface area contributed by atoms with E-state index in [4.69, 9.17) is 27.5 Å². The van der Waals surface area contributed by atoms with Crippen LogP contribution in [0.5, 0.6) is 11.6 Å². The van der Waals surface area contributed by atoms with Gasteiger partial charge < -0.3 is 10.5 Å². The van der Waals surface area contributed by atoms with E-state index in [2.05, 4.69) is 4.98 Å². The van der Waals surface area contributed by atoms with Crippen LogP contribution >= 0.6 is 24.0 Å². The number of pyridine rings is 1. The topological polar surface area (TPSA) is 72.0 Å². The number of nitrogen functional groups attached to an aromatic ring is 1. The highest BCUT2D eigenvalue weighted by Gasteiger charge is 2.05. The van der Waals surface area contributed by atoms with E-state index in [1.165, 1.54) is 0 Å². The van der Waals surface area contributed by atoms with E-state index in [1.54, 1.807) is 30.3 Å². The third kappa shape index (κ3) is 3.84. The minimum Gasteiger partial charge on any atom is -0.439 e. The van der Waals surface area contributed by atoms with Gasteiger partial charge in [-0.05, 0) is 36.8 Å². The summed E-state index contributed by atoms with van der Waals surface area (Å²) >= 11 is 5.87. The van der Waals surface area contributed by atoms with Crippen LogP contribution in [0.25, 0.3) is 0 Å². The molecule has 1 aromatic carbocycles. The molecule has 0 aliphatic heterocycles. The minimum atomic E-state index is -0.0896. The first-order chi connectivity index (χ1) is 8.56. The first-order valence-corrected chi connectivity index (χ1v) is 5.69. The van der Waals surface area contributed by atoms with E-state index in [9.17, 15) is 0 Å². The molecule has 0 saturated carbocycles. The fourth-order valence-corrected chi connectivity index (χ4v) is 1.69. The summed E-state index contributed by atoms with van der Waals surface area (Å²) in [5.41, 5.74) is 6.68. The Morgan fingerprint density at radius 3 is 2.68 bits per heavy atom. The van der Waals surface area contributed by atoms with Crippen LogP contribution in [-0.4, -0.2) is 10.8 Å². The Bertz CT molecular complexity index is 602. The zero-order valence-corrected chi connectivity index (χ0v) is 11.8. The predicted molar refractivity (Wildman–Crippen MR) is 78.8 cm³/mol. The monoisotopic (exact) mass is 297 g/mol. The molecule has 2 rings (SSSR count). The van der Waals surface area contributed by atoms with Crippen LogP contribution in [0.4, 0.5) is 0 Å². The van der Waals surface area contributed by atoms with Crippen molar-refractivity contribution in [2.45, 2.75) is 6.92 Å². The van der Waals surface area contributed by atoms with Crippen molar-refractivity contribution >= 4 is 29.8 Å². The molecule has 0 aliphatic carbocycles. The van der Waals surface area contributed by atoms with Gasteiger partial charge in [0.1, 0.15) is 17.3 Å². The standard InChI is InChI=1S/C13H12ClN3O.ClH/c1-8-7-9(14)5-6-11(8)18-12-4-2-3-10(17-12)13(15)16;/h2-7H,1H3,(H3,15,16);1H. The van der Waals surface area contributed by atoms with Crippen LogP contribution in [0.1, 0.15) is 11.3 Å². The molecule has 0 saturated heterocycles. The number of nitrogens with one attached hydrogen (secondary N) is 1. The molecule has 1 aromatic heterocycles. The second-order valence-corrected chi connectivity index (χ2v) is 4.22. The molecule has 19 heavy (non-hydrogen) atoms. The number of benzene rings is 1. The largest absolute Gasteiger partial charge is 0.439 e. The van der Waals surface area contributed by atoms with Crippen LogP contribution < -0.4 is 10.5 Å². The van der Waals surface area contributed by atoms with Gasteiger partial charge in [-0.25, -0.2) is 4.98 Å². The number of ether oxygens (including phenoxy) is 1. The van der Waals surface area contributed by atoms with Gasteiger partial charge in [0.2, 0.25) is 5.88 Å². The Kier molecular flexibility index (Phi) is 5.15. The smallest absolute Gasteiger partial charge is 0.219 e. The van der Waals surface area contributed by atoms with E-state index in [1.807, 2.05) is 13.0 Å². The predicted octanol–water partition coefficient (Wildman–Crippen LogP) is 3.54. The van der Waals surface area contributed by atoms with Gasteiger partial charge in [-0.15, -0.1) is 12.4 Å². The van der Waals surface area contributed by atoms with Gasteiger partial charge in [-0.2, -0.15) is 0 Å². The van der Waals surface area contributed by atoms with Crippen molar-refractivity contribution in [2.24, 2.45) is 5.73 Å². The average molecular weight is 298 g/mol.